The highest BCUT2D eigenvalue weighted by Gasteiger charge is 2.21. The fourth-order valence-corrected chi connectivity index (χ4v) is 5.81. The summed E-state index contributed by atoms with van der Waals surface area (Å²) in [5.74, 6) is 2.49. The molecule has 1 N–H and O–H groups in total. The summed E-state index contributed by atoms with van der Waals surface area (Å²) in [6, 6.07) is 5.18. The summed E-state index contributed by atoms with van der Waals surface area (Å²) in [6.45, 7) is 5.51. The lowest BCUT2D eigenvalue weighted by molar-refractivity contribution is 0.607. The number of nitrogens with one attached hydrogen (secondary N) is 1. The van der Waals surface area contributed by atoms with E-state index in [1.165, 1.54) is 39.7 Å². The van der Waals surface area contributed by atoms with Crippen LogP contribution in [0.2, 0.25) is 0 Å². The van der Waals surface area contributed by atoms with Crippen molar-refractivity contribution >= 4 is 34.4 Å². The molecule has 2 aromatic rings. The van der Waals surface area contributed by atoms with Crippen LogP contribution in [-0.4, -0.2) is 12.3 Å². The quantitative estimate of drug-likeness (QED) is 0.831. The van der Waals surface area contributed by atoms with Gasteiger partial charge in [-0.3, -0.25) is 0 Å². The number of aryl methyl sites for hydroxylation is 2. The Hall–Kier alpha value is -0.290. The van der Waals surface area contributed by atoms with Crippen molar-refractivity contribution in [1.29, 1.82) is 0 Å². The number of hydrogen-bond acceptors (Lipinski definition) is 4. The minimum atomic E-state index is 0.389. The van der Waals surface area contributed by atoms with Crippen molar-refractivity contribution in [1.82, 2.24) is 5.32 Å². The highest BCUT2D eigenvalue weighted by Crippen LogP contribution is 2.37. The van der Waals surface area contributed by atoms with Crippen LogP contribution in [0.4, 0.5) is 0 Å². The van der Waals surface area contributed by atoms with Crippen LogP contribution >= 0.6 is 34.4 Å². The van der Waals surface area contributed by atoms with Gasteiger partial charge in [0.15, 0.2) is 0 Å². The van der Waals surface area contributed by atoms with Gasteiger partial charge in [-0.25, -0.2) is 0 Å². The smallest absolute Gasteiger partial charge is 0.0679 e. The van der Waals surface area contributed by atoms with Crippen LogP contribution in [0, 0.1) is 6.92 Å². The van der Waals surface area contributed by atoms with Crippen molar-refractivity contribution in [3.63, 3.8) is 0 Å². The van der Waals surface area contributed by atoms with Gasteiger partial charge in [-0.15, -0.1) is 22.7 Å². The number of rotatable bonds is 5. The minimum Gasteiger partial charge on any atom is -0.306 e. The van der Waals surface area contributed by atoms with Crippen molar-refractivity contribution in [2.45, 2.75) is 38.5 Å². The molecule has 20 heavy (non-hydrogen) atoms. The van der Waals surface area contributed by atoms with Gasteiger partial charge < -0.3 is 5.32 Å². The van der Waals surface area contributed by atoms with Crippen molar-refractivity contribution in [2.75, 3.05) is 12.3 Å². The maximum absolute atomic E-state index is 3.73. The Morgan fingerprint density at radius 3 is 2.95 bits per heavy atom. The third-order valence-corrected chi connectivity index (χ3v) is 6.80. The molecule has 2 aromatic heterocycles. The second-order valence-corrected chi connectivity index (χ2v) is 8.67. The topological polar surface area (TPSA) is 12.0 Å². The summed E-state index contributed by atoms with van der Waals surface area (Å²) in [4.78, 5) is 4.53. The number of thiophene rings is 2. The summed E-state index contributed by atoms with van der Waals surface area (Å²) in [6.07, 6.45) is 2.44. The SMILES string of the molecule is CCCNC(c1csc(C)c1)c1cc2c(s1)CCSC2. The van der Waals surface area contributed by atoms with Crippen molar-refractivity contribution in [3.8, 4) is 0 Å². The van der Waals surface area contributed by atoms with E-state index in [4.69, 9.17) is 0 Å². The molecule has 1 aliphatic rings. The molecule has 0 spiro atoms. The summed E-state index contributed by atoms with van der Waals surface area (Å²) in [7, 11) is 0. The first-order valence-corrected chi connectivity index (χ1v) is 10.1. The first-order valence-electron chi connectivity index (χ1n) is 7.25. The van der Waals surface area contributed by atoms with Gasteiger partial charge in [0.25, 0.3) is 0 Å². The molecule has 1 aliphatic heterocycles. The number of hydrogen-bond donors (Lipinski definition) is 1. The van der Waals surface area contributed by atoms with Gasteiger partial charge >= 0.3 is 0 Å². The molecule has 3 rings (SSSR count). The van der Waals surface area contributed by atoms with Gasteiger partial charge in [0, 0.05) is 20.4 Å². The van der Waals surface area contributed by atoms with Crippen molar-refractivity contribution in [3.05, 3.63) is 43.3 Å². The molecule has 0 bridgehead atoms. The van der Waals surface area contributed by atoms with E-state index in [9.17, 15) is 0 Å². The zero-order valence-corrected chi connectivity index (χ0v) is 14.5. The maximum Gasteiger partial charge on any atom is 0.0679 e. The van der Waals surface area contributed by atoms with E-state index in [1.807, 2.05) is 22.7 Å². The van der Waals surface area contributed by atoms with E-state index >= 15 is 0 Å². The van der Waals surface area contributed by atoms with Gasteiger partial charge in [0.05, 0.1) is 6.04 Å². The highest BCUT2D eigenvalue weighted by molar-refractivity contribution is 7.98. The standard InChI is InChI=1S/C16H21NS3/c1-3-5-17-16(13-7-11(2)19-10-13)15-8-12-9-18-6-4-14(12)20-15/h7-8,10,16-17H,3-6,9H2,1-2H3. The third kappa shape index (κ3) is 3.14. The van der Waals surface area contributed by atoms with Crippen molar-refractivity contribution in [2.24, 2.45) is 0 Å². The van der Waals surface area contributed by atoms with Gasteiger partial charge in [0.2, 0.25) is 0 Å². The molecule has 3 heterocycles. The highest BCUT2D eigenvalue weighted by atomic mass is 32.2. The van der Waals surface area contributed by atoms with Crippen LogP contribution in [-0.2, 0) is 12.2 Å². The van der Waals surface area contributed by atoms with E-state index in [1.54, 1.807) is 10.4 Å². The van der Waals surface area contributed by atoms with Crippen molar-refractivity contribution < 1.29 is 0 Å². The van der Waals surface area contributed by atoms with Gasteiger partial charge in [-0.2, -0.15) is 11.8 Å². The fraction of sp³-hybridized carbons (Fsp3) is 0.500. The van der Waals surface area contributed by atoms with Crippen LogP contribution in [0.25, 0.3) is 0 Å². The fourth-order valence-electron chi connectivity index (χ4n) is 2.60. The van der Waals surface area contributed by atoms with E-state index in [0.29, 0.717) is 6.04 Å². The first-order chi connectivity index (χ1) is 9.78. The predicted molar refractivity (Wildman–Crippen MR) is 93.4 cm³/mol. The largest absolute Gasteiger partial charge is 0.306 e. The predicted octanol–water partition coefficient (Wildman–Crippen LogP) is 5.00. The lowest BCUT2D eigenvalue weighted by atomic mass is 10.1. The Morgan fingerprint density at radius 1 is 1.35 bits per heavy atom. The van der Waals surface area contributed by atoms with Crippen LogP contribution in [0.5, 0.6) is 0 Å². The Bertz CT molecular complexity index is 547. The minimum absolute atomic E-state index is 0.389. The molecule has 1 atom stereocenters. The molecule has 0 fully saturated rings. The second kappa shape index (κ2) is 6.65. The Morgan fingerprint density at radius 2 is 2.25 bits per heavy atom. The van der Waals surface area contributed by atoms with E-state index in [0.717, 1.165) is 6.54 Å². The van der Waals surface area contributed by atoms with E-state index in [-0.39, 0.29) is 0 Å². The molecule has 0 radical (unpaired) electrons. The summed E-state index contributed by atoms with van der Waals surface area (Å²) in [5, 5.41) is 6.05. The van der Waals surface area contributed by atoms with Gasteiger partial charge in [-0.1, -0.05) is 6.92 Å². The van der Waals surface area contributed by atoms with Crippen LogP contribution in [0.15, 0.2) is 17.5 Å². The molecule has 0 aromatic carbocycles. The van der Waals surface area contributed by atoms with Gasteiger partial charge in [0.1, 0.15) is 0 Å². The average molecular weight is 324 g/mol. The first kappa shape index (κ1) is 14.6. The van der Waals surface area contributed by atoms with Crippen LogP contribution in [0.3, 0.4) is 0 Å². The molecule has 0 amide bonds. The molecule has 0 aliphatic carbocycles. The zero-order valence-electron chi connectivity index (χ0n) is 12.1. The molecule has 0 saturated carbocycles. The molecule has 1 unspecified atom stereocenters. The number of fused-ring (bicyclic) bond motifs is 1. The Balaban J connectivity index is 1.90. The Kier molecular flexibility index (Phi) is 4.87. The van der Waals surface area contributed by atoms with Gasteiger partial charge in [-0.05, 0) is 60.7 Å². The summed E-state index contributed by atoms with van der Waals surface area (Å²) < 4.78 is 0. The Labute approximate surface area is 133 Å². The zero-order chi connectivity index (χ0) is 13.9. The molecule has 1 nitrogen and oxygen atoms in total. The number of thioether (sulfide) groups is 1. The van der Waals surface area contributed by atoms with Crippen LogP contribution < -0.4 is 5.32 Å². The molecular formula is C16H21NS3. The molecule has 0 saturated heterocycles. The normalized spacial score (nSPS) is 16.1. The lowest BCUT2D eigenvalue weighted by Crippen LogP contribution is -2.21. The summed E-state index contributed by atoms with van der Waals surface area (Å²) >= 11 is 5.95. The van der Waals surface area contributed by atoms with Crippen LogP contribution in [0.1, 0.15) is 45.1 Å². The second-order valence-electron chi connectivity index (χ2n) is 5.28. The lowest BCUT2D eigenvalue weighted by Gasteiger charge is -2.16. The molecule has 108 valence electrons. The molecular weight excluding hydrogens is 302 g/mol. The summed E-state index contributed by atoms with van der Waals surface area (Å²) in [5.41, 5.74) is 3.02. The van der Waals surface area contributed by atoms with E-state index in [2.05, 4.69) is 48.4 Å². The maximum atomic E-state index is 3.73. The molecule has 4 heteroatoms. The van der Waals surface area contributed by atoms with E-state index < -0.39 is 0 Å². The average Bonchev–Trinajstić information content (AvgIpc) is 3.05. The third-order valence-electron chi connectivity index (χ3n) is 3.61. The monoisotopic (exact) mass is 323 g/mol.